The summed E-state index contributed by atoms with van der Waals surface area (Å²) in [6, 6.07) is 5.54. The van der Waals surface area contributed by atoms with Gasteiger partial charge in [-0.05, 0) is 52.9 Å². The van der Waals surface area contributed by atoms with Gasteiger partial charge in [0, 0.05) is 69.0 Å². The SMILES string of the molecule is Cn1cnc(S(=O)(=O)N(CCNc2ccc(Br)cn2)CC2CCN(c3ncccn3)CC2)c1. The normalized spacial score (nSPS) is 15.2. The zero-order valence-corrected chi connectivity index (χ0v) is 20.8. The van der Waals surface area contributed by atoms with Crippen molar-refractivity contribution < 1.29 is 8.42 Å². The summed E-state index contributed by atoms with van der Waals surface area (Å²) in [6.07, 6.45) is 9.97. The van der Waals surface area contributed by atoms with Gasteiger partial charge in [-0.2, -0.15) is 4.31 Å². The fourth-order valence-corrected chi connectivity index (χ4v) is 5.53. The van der Waals surface area contributed by atoms with Crippen molar-refractivity contribution in [2.24, 2.45) is 13.0 Å². The highest BCUT2D eigenvalue weighted by atomic mass is 79.9. The first-order valence-corrected chi connectivity index (χ1v) is 13.0. The summed E-state index contributed by atoms with van der Waals surface area (Å²) in [6.45, 7) is 2.80. The van der Waals surface area contributed by atoms with Gasteiger partial charge in [-0.1, -0.05) is 0 Å². The Bertz CT molecular complexity index is 1130. The smallest absolute Gasteiger partial charge is 0.262 e. The Morgan fingerprint density at radius 1 is 1.15 bits per heavy atom. The molecule has 1 fully saturated rings. The van der Waals surface area contributed by atoms with Gasteiger partial charge in [-0.3, -0.25) is 0 Å². The maximum Gasteiger partial charge on any atom is 0.262 e. The van der Waals surface area contributed by atoms with Crippen molar-refractivity contribution >= 4 is 37.7 Å². The van der Waals surface area contributed by atoms with E-state index in [1.165, 1.54) is 6.33 Å². The van der Waals surface area contributed by atoms with Crippen LogP contribution < -0.4 is 10.2 Å². The number of piperidine rings is 1. The van der Waals surface area contributed by atoms with E-state index in [4.69, 9.17) is 0 Å². The maximum absolute atomic E-state index is 13.4. The predicted octanol–water partition coefficient (Wildman–Crippen LogP) is 2.39. The Balaban J connectivity index is 1.41. The predicted molar refractivity (Wildman–Crippen MR) is 129 cm³/mol. The minimum Gasteiger partial charge on any atom is -0.369 e. The minimum absolute atomic E-state index is 0.0712. The van der Waals surface area contributed by atoms with E-state index in [-0.39, 0.29) is 10.9 Å². The van der Waals surface area contributed by atoms with Gasteiger partial charge >= 0.3 is 0 Å². The first-order chi connectivity index (χ1) is 15.9. The van der Waals surface area contributed by atoms with Crippen molar-refractivity contribution in [1.29, 1.82) is 0 Å². The summed E-state index contributed by atoms with van der Waals surface area (Å²) in [5.41, 5.74) is 0. The molecule has 3 aromatic heterocycles. The number of hydrogen-bond acceptors (Lipinski definition) is 8. The lowest BCUT2D eigenvalue weighted by molar-refractivity contribution is 0.304. The second-order valence-electron chi connectivity index (χ2n) is 8.01. The van der Waals surface area contributed by atoms with Crippen LogP contribution in [-0.4, -0.2) is 69.9 Å². The lowest BCUT2D eigenvalue weighted by atomic mass is 9.97. The highest BCUT2D eigenvalue weighted by Gasteiger charge is 2.30. The van der Waals surface area contributed by atoms with Crippen molar-refractivity contribution in [3.8, 4) is 0 Å². The quantitative estimate of drug-likeness (QED) is 0.445. The van der Waals surface area contributed by atoms with Gasteiger partial charge in [0.2, 0.25) is 5.95 Å². The lowest BCUT2D eigenvalue weighted by Gasteiger charge is -2.34. The van der Waals surface area contributed by atoms with E-state index in [1.807, 2.05) is 12.1 Å². The summed E-state index contributed by atoms with van der Waals surface area (Å²) in [7, 11) is -1.95. The van der Waals surface area contributed by atoms with Gasteiger partial charge in [0.05, 0.1) is 6.33 Å². The standard InChI is InChI=1S/C21H27BrN8O2S/c1-28-15-20(27-16-28)33(31,32)30(12-9-23-19-4-3-18(22)13-26-19)14-17-5-10-29(11-6-17)21-24-7-2-8-25-21/h2-4,7-8,13,15-17H,5-6,9-12,14H2,1H3,(H,23,26). The maximum atomic E-state index is 13.4. The van der Waals surface area contributed by atoms with Crippen molar-refractivity contribution in [2.75, 3.05) is 42.9 Å². The minimum atomic E-state index is -3.71. The molecular formula is C21H27BrN8O2S. The molecule has 0 aliphatic carbocycles. The van der Waals surface area contributed by atoms with Crippen LogP contribution >= 0.6 is 15.9 Å². The average molecular weight is 535 g/mol. The number of sulfonamides is 1. The molecule has 1 N–H and O–H groups in total. The van der Waals surface area contributed by atoms with E-state index >= 15 is 0 Å². The van der Waals surface area contributed by atoms with Crippen LogP contribution in [0.15, 0.2) is 58.8 Å². The van der Waals surface area contributed by atoms with Crippen LogP contribution in [0, 0.1) is 5.92 Å². The molecule has 33 heavy (non-hydrogen) atoms. The number of aryl methyl sites for hydroxylation is 1. The lowest BCUT2D eigenvalue weighted by Crippen LogP contribution is -2.43. The number of imidazole rings is 1. The van der Waals surface area contributed by atoms with Crippen LogP contribution in [-0.2, 0) is 17.1 Å². The van der Waals surface area contributed by atoms with Crippen molar-refractivity contribution in [3.05, 3.63) is 53.8 Å². The number of halogens is 1. The third-order valence-electron chi connectivity index (χ3n) is 5.59. The molecule has 0 amide bonds. The van der Waals surface area contributed by atoms with Crippen molar-refractivity contribution in [2.45, 2.75) is 17.9 Å². The molecule has 0 unspecified atom stereocenters. The molecule has 0 aromatic carbocycles. The highest BCUT2D eigenvalue weighted by molar-refractivity contribution is 9.10. The number of nitrogens with one attached hydrogen (secondary N) is 1. The van der Waals surface area contributed by atoms with Gasteiger partial charge in [0.15, 0.2) is 5.03 Å². The Kier molecular flexibility index (Phi) is 7.56. The Hall–Kier alpha value is -2.57. The summed E-state index contributed by atoms with van der Waals surface area (Å²) in [5.74, 6) is 1.67. The Morgan fingerprint density at radius 2 is 1.91 bits per heavy atom. The van der Waals surface area contributed by atoms with E-state index in [9.17, 15) is 8.42 Å². The molecule has 176 valence electrons. The molecule has 4 rings (SSSR count). The van der Waals surface area contributed by atoms with E-state index in [2.05, 4.69) is 46.1 Å². The van der Waals surface area contributed by atoms with E-state index in [0.29, 0.717) is 25.5 Å². The van der Waals surface area contributed by atoms with E-state index in [1.54, 1.807) is 46.8 Å². The first-order valence-electron chi connectivity index (χ1n) is 10.8. The third kappa shape index (κ3) is 6.06. The molecule has 1 aliphatic heterocycles. The molecule has 0 spiro atoms. The van der Waals surface area contributed by atoms with E-state index in [0.717, 1.165) is 36.4 Å². The van der Waals surface area contributed by atoms with E-state index < -0.39 is 10.0 Å². The van der Waals surface area contributed by atoms with Gasteiger partial charge < -0.3 is 14.8 Å². The van der Waals surface area contributed by atoms with Gasteiger partial charge in [-0.15, -0.1) is 0 Å². The monoisotopic (exact) mass is 534 g/mol. The number of pyridine rings is 1. The van der Waals surface area contributed by atoms with Gasteiger partial charge in [0.25, 0.3) is 10.0 Å². The summed E-state index contributed by atoms with van der Waals surface area (Å²) in [5, 5.41) is 3.28. The first kappa shape index (κ1) is 23.6. The van der Waals surface area contributed by atoms with Gasteiger partial charge in [0.1, 0.15) is 5.82 Å². The molecule has 12 heteroatoms. The van der Waals surface area contributed by atoms with Crippen LogP contribution in [0.2, 0.25) is 0 Å². The van der Waals surface area contributed by atoms with Crippen molar-refractivity contribution in [3.63, 3.8) is 0 Å². The van der Waals surface area contributed by atoms with Crippen LogP contribution in [0.1, 0.15) is 12.8 Å². The fraction of sp³-hybridized carbons (Fsp3) is 0.429. The molecule has 0 radical (unpaired) electrons. The molecule has 4 heterocycles. The Morgan fingerprint density at radius 3 is 2.55 bits per heavy atom. The van der Waals surface area contributed by atoms with Crippen molar-refractivity contribution in [1.82, 2.24) is 28.8 Å². The largest absolute Gasteiger partial charge is 0.369 e. The van der Waals surface area contributed by atoms with Crippen LogP contribution in [0.5, 0.6) is 0 Å². The van der Waals surface area contributed by atoms with Crippen LogP contribution in [0.4, 0.5) is 11.8 Å². The van der Waals surface area contributed by atoms with Crippen LogP contribution in [0.3, 0.4) is 0 Å². The number of aromatic nitrogens is 5. The molecular weight excluding hydrogens is 508 g/mol. The molecule has 0 atom stereocenters. The average Bonchev–Trinajstić information content (AvgIpc) is 3.28. The third-order valence-corrected chi connectivity index (χ3v) is 7.81. The summed E-state index contributed by atoms with van der Waals surface area (Å²) < 4.78 is 30.8. The molecule has 0 bridgehead atoms. The number of nitrogens with zero attached hydrogens (tertiary/aromatic N) is 7. The number of hydrogen-bond donors (Lipinski definition) is 1. The highest BCUT2D eigenvalue weighted by Crippen LogP contribution is 2.24. The molecule has 10 nitrogen and oxygen atoms in total. The van der Waals surface area contributed by atoms with Gasteiger partial charge in [-0.25, -0.2) is 28.4 Å². The second-order valence-corrected chi connectivity index (χ2v) is 10.8. The Labute approximate surface area is 202 Å². The molecule has 0 saturated carbocycles. The summed E-state index contributed by atoms with van der Waals surface area (Å²) >= 11 is 3.37. The molecule has 1 saturated heterocycles. The zero-order valence-electron chi connectivity index (χ0n) is 18.4. The zero-order chi connectivity index (χ0) is 23.3. The summed E-state index contributed by atoms with van der Waals surface area (Å²) in [4.78, 5) is 19.2. The fourth-order valence-electron chi connectivity index (χ4n) is 3.81. The molecule has 1 aliphatic rings. The number of anilines is 2. The van der Waals surface area contributed by atoms with Crippen LogP contribution in [0.25, 0.3) is 0 Å². The number of rotatable bonds is 9. The topological polar surface area (TPSA) is 109 Å². The molecule has 3 aromatic rings. The second kappa shape index (κ2) is 10.6.